The largest absolute Gasteiger partial charge is 0.478 e. The summed E-state index contributed by atoms with van der Waals surface area (Å²) in [7, 11) is 0. The summed E-state index contributed by atoms with van der Waals surface area (Å²) < 4.78 is 40.2. The summed E-state index contributed by atoms with van der Waals surface area (Å²) >= 11 is 6.55. The van der Waals surface area contributed by atoms with Crippen LogP contribution in [0.15, 0.2) is 85.2 Å². The second kappa shape index (κ2) is 10.9. The van der Waals surface area contributed by atoms with E-state index in [0.29, 0.717) is 11.1 Å². The number of rotatable bonds is 7. The number of carboxylic acids is 1. The molecule has 2 N–H and O–H groups in total. The predicted octanol–water partition coefficient (Wildman–Crippen LogP) is 8.61. The number of aliphatic carboxylic acids is 1. The number of alkyl halides is 3. The van der Waals surface area contributed by atoms with Gasteiger partial charge in [-0.1, -0.05) is 72.6 Å². The van der Waals surface area contributed by atoms with E-state index < -0.39 is 17.7 Å². The van der Waals surface area contributed by atoms with E-state index in [2.05, 4.69) is 10.2 Å². The Morgan fingerprint density at radius 1 is 0.974 bits per heavy atom. The number of allylic oxidation sites excluding steroid dienone is 1. The Morgan fingerprint density at radius 2 is 1.64 bits per heavy atom. The van der Waals surface area contributed by atoms with Crippen molar-refractivity contribution in [1.29, 1.82) is 0 Å². The highest BCUT2D eigenvalue weighted by molar-refractivity contribution is 6.33. The first-order chi connectivity index (χ1) is 18.7. The molecule has 0 radical (unpaired) electrons. The molecule has 0 amide bonds. The monoisotopic (exact) mass is 548 g/mol. The lowest BCUT2D eigenvalue weighted by molar-refractivity contribution is -0.137. The molecule has 198 valence electrons. The molecule has 1 heterocycles. The number of hydrogen-bond donors (Lipinski definition) is 2. The third-order valence-electron chi connectivity index (χ3n) is 6.99. The van der Waals surface area contributed by atoms with E-state index in [1.165, 1.54) is 12.1 Å². The van der Waals surface area contributed by atoms with Crippen molar-refractivity contribution in [3.63, 3.8) is 0 Å². The van der Waals surface area contributed by atoms with Crippen molar-refractivity contribution in [1.82, 2.24) is 10.2 Å². The van der Waals surface area contributed by atoms with Gasteiger partial charge in [-0.15, -0.1) is 0 Å². The molecule has 1 saturated carbocycles. The lowest BCUT2D eigenvalue weighted by atomic mass is 9.73. The van der Waals surface area contributed by atoms with Crippen molar-refractivity contribution >= 4 is 34.8 Å². The first kappa shape index (κ1) is 26.5. The number of nitrogens with one attached hydrogen (secondary N) is 1. The van der Waals surface area contributed by atoms with E-state index in [9.17, 15) is 18.0 Å². The first-order valence-electron chi connectivity index (χ1n) is 12.4. The lowest BCUT2D eigenvalue weighted by Crippen LogP contribution is -2.16. The Hall–Kier alpha value is -4.10. The molecule has 1 aliphatic carbocycles. The fourth-order valence-electron chi connectivity index (χ4n) is 4.81. The van der Waals surface area contributed by atoms with Crippen LogP contribution in [-0.2, 0) is 11.0 Å². The minimum Gasteiger partial charge on any atom is -0.478 e. The third-order valence-corrected chi connectivity index (χ3v) is 7.30. The number of carbonyl (C=O) groups is 1. The first-order valence-corrected chi connectivity index (χ1v) is 12.8. The molecule has 0 saturated heterocycles. The molecule has 8 heteroatoms. The summed E-state index contributed by atoms with van der Waals surface area (Å²) in [6.07, 6.45) is 4.46. The Morgan fingerprint density at radius 3 is 2.15 bits per heavy atom. The van der Waals surface area contributed by atoms with Crippen LogP contribution in [0.25, 0.3) is 28.3 Å². The minimum atomic E-state index is -4.49. The number of aromatic nitrogens is 2. The van der Waals surface area contributed by atoms with Crippen molar-refractivity contribution in [3.8, 4) is 11.1 Å². The van der Waals surface area contributed by atoms with Gasteiger partial charge in [0.1, 0.15) is 0 Å². The zero-order chi connectivity index (χ0) is 27.6. The topological polar surface area (TPSA) is 66.0 Å². The molecule has 0 bridgehead atoms. The summed E-state index contributed by atoms with van der Waals surface area (Å²) in [5, 5.41) is 15.8. The van der Waals surface area contributed by atoms with Crippen LogP contribution in [0.1, 0.15) is 47.1 Å². The summed E-state index contributed by atoms with van der Waals surface area (Å²) in [4.78, 5) is 10.9. The molecule has 5 rings (SSSR count). The molecular weight excluding hydrogens is 525 g/mol. The second-order valence-electron chi connectivity index (χ2n) is 9.47. The van der Waals surface area contributed by atoms with Crippen molar-refractivity contribution < 1.29 is 23.1 Å². The number of hydrogen-bond acceptors (Lipinski definition) is 2. The molecule has 1 fully saturated rings. The Labute approximate surface area is 228 Å². The SMILES string of the molecule is O=C(O)/C=C/c1ccc(/C(=C(\c2ccc(C(F)(F)F)cc2Cl)C2CCC2)c2ccc(-c3cn[nH]c3)cc2)cc1. The summed E-state index contributed by atoms with van der Waals surface area (Å²) in [6, 6.07) is 18.9. The van der Waals surface area contributed by atoms with Crippen LogP contribution >= 0.6 is 11.6 Å². The van der Waals surface area contributed by atoms with Crippen LogP contribution in [0, 0.1) is 5.92 Å². The summed E-state index contributed by atoms with van der Waals surface area (Å²) in [6.45, 7) is 0. The van der Waals surface area contributed by atoms with E-state index >= 15 is 0 Å². The molecule has 0 unspecified atom stereocenters. The number of H-pyrrole nitrogens is 1. The zero-order valence-corrected chi connectivity index (χ0v) is 21.4. The van der Waals surface area contributed by atoms with Gasteiger partial charge in [-0.05, 0) is 75.9 Å². The van der Waals surface area contributed by atoms with Gasteiger partial charge in [0.2, 0.25) is 0 Å². The normalized spacial score (nSPS) is 14.8. The highest BCUT2D eigenvalue weighted by Crippen LogP contribution is 2.47. The van der Waals surface area contributed by atoms with Gasteiger partial charge in [0.05, 0.1) is 11.8 Å². The molecule has 1 aliphatic rings. The van der Waals surface area contributed by atoms with Gasteiger partial charge in [-0.25, -0.2) is 4.79 Å². The lowest BCUT2D eigenvalue weighted by Gasteiger charge is -2.32. The van der Waals surface area contributed by atoms with Crippen molar-refractivity contribution in [3.05, 3.63) is 118 Å². The number of nitrogens with zero attached hydrogens (tertiary/aromatic N) is 1. The van der Waals surface area contributed by atoms with Crippen LogP contribution in [0.3, 0.4) is 0 Å². The number of halogens is 4. The van der Waals surface area contributed by atoms with Gasteiger partial charge < -0.3 is 5.11 Å². The van der Waals surface area contributed by atoms with Crippen LogP contribution < -0.4 is 0 Å². The van der Waals surface area contributed by atoms with Gasteiger partial charge in [-0.2, -0.15) is 18.3 Å². The molecule has 0 aliphatic heterocycles. The molecule has 4 nitrogen and oxygen atoms in total. The molecular formula is C31H24ClF3N2O2. The maximum absolute atomic E-state index is 13.4. The number of carboxylic acid groups (broad SMARTS) is 1. The standard InChI is InChI=1S/C31H24ClF3N2O2/c32-27-16-25(31(33,34)35)13-14-26(27)30(21-2-1-3-21)29(22-7-4-19(5-8-22)6-15-28(38)39)23-11-9-20(10-12-23)24-17-36-37-18-24/h4-18,21H,1-3H2,(H,36,37)(H,38,39)/b15-6+,30-29+. The molecule has 3 aromatic carbocycles. The summed E-state index contributed by atoms with van der Waals surface area (Å²) in [5.41, 5.74) is 5.96. The molecule has 39 heavy (non-hydrogen) atoms. The quantitative estimate of drug-likeness (QED) is 0.179. The molecule has 0 atom stereocenters. The minimum absolute atomic E-state index is 0.0558. The Kier molecular flexibility index (Phi) is 7.44. The van der Waals surface area contributed by atoms with E-state index in [4.69, 9.17) is 16.7 Å². The van der Waals surface area contributed by atoms with Gasteiger partial charge >= 0.3 is 12.1 Å². The van der Waals surface area contributed by atoms with Crippen LogP contribution in [0.2, 0.25) is 5.02 Å². The summed E-state index contributed by atoms with van der Waals surface area (Å²) in [5.74, 6) is -0.907. The van der Waals surface area contributed by atoms with Crippen molar-refractivity contribution in [2.75, 3.05) is 0 Å². The van der Waals surface area contributed by atoms with Gasteiger partial charge in [-0.3, -0.25) is 5.10 Å². The highest BCUT2D eigenvalue weighted by Gasteiger charge is 2.33. The maximum atomic E-state index is 13.4. The van der Waals surface area contributed by atoms with E-state index in [0.717, 1.165) is 70.9 Å². The Balaban J connectivity index is 1.70. The van der Waals surface area contributed by atoms with Crippen molar-refractivity contribution in [2.24, 2.45) is 5.92 Å². The second-order valence-corrected chi connectivity index (χ2v) is 9.87. The van der Waals surface area contributed by atoms with Crippen LogP contribution in [0.5, 0.6) is 0 Å². The average Bonchev–Trinajstić information content (AvgIpc) is 3.42. The van der Waals surface area contributed by atoms with Gasteiger partial charge in [0, 0.05) is 22.9 Å². The zero-order valence-electron chi connectivity index (χ0n) is 20.7. The maximum Gasteiger partial charge on any atom is 0.416 e. The molecule has 1 aromatic heterocycles. The Bertz CT molecular complexity index is 1530. The molecule has 0 spiro atoms. The van der Waals surface area contributed by atoms with Crippen LogP contribution in [-0.4, -0.2) is 21.3 Å². The van der Waals surface area contributed by atoms with E-state index in [1.54, 1.807) is 12.4 Å². The van der Waals surface area contributed by atoms with E-state index in [-0.39, 0.29) is 10.9 Å². The average molecular weight is 549 g/mol. The fourth-order valence-corrected chi connectivity index (χ4v) is 5.09. The van der Waals surface area contributed by atoms with Gasteiger partial charge in [0.25, 0.3) is 0 Å². The van der Waals surface area contributed by atoms with Crippen LogP contribution in [0.4, 0.5) is 13.2 Å². The predicted molar refractivity (Wildman–Crippen MR) is 147 cm³/mol. The fraction of sp³-hybridized carbons (Fsp3) is 0.161. The van der Waals surface area contributed by atoms with Crippen molar-refractivity contribution in [2.45, 2.75) is 25.4 Å². The molecule has 4 aromatic rings. The number of benzene rings is 3. The highest BCUT2D eigenvalue weighted by atomic mass is 35.5. The van der Waals surface area contributed by atoms with E-state index in [1.807, 2.05) is 48.5 Å². The van der Waals surface area contributed by atoms with Gasteiger partial charge in [0.15, 0.2) is 0 Å². The third kappa shape index (κ3) is 5.83. The smallest absolute Gasteiger partial charge is 0.416 e. The number of aromatic amines is 1.